The second kappa shape index (κ2) is 11.5. The zero-order valence-electron chi connectivity index (χ0n) is 16.1. The second-order valence-electron chi connectivity index (χ2n) is 7.11. The molecule has 3 rings (SSSR count). The predicted octanol–water partition coefficient (Wildman–Crippen LogP) is 5.07. The van der Waals surface area contributed by atoms with Crippen LogP contribution < -0.4 is 0 Å². The minimum Gasteiger partial charge on any atom is -0.388 e. The number of hydrogen-bond donors (Lipinski definition) is 1. The van der Waals surface area contributed by atoms with Gasteiger partial charge in [0.2, 0.25) is 5.91 Å². The first-order valence-corrected chi connectivity index (χ1v) is 10.5. The Morgan fingerprint density at radius 3 is 2.63 bits per heavy atom. The van der Waals surface area contributed by atoms with Gasteiger partial charge in [-0.25, -0.2) is 6.07 Å². The number of carbonyl (C=O) groups is 1. The van der Waals surface area contributed by atoms with E-state index in [0.717, 1.165) is 44.2 Å². The van der Waals surface area contributed by atoms with Crippen LogP contribution in [0.15, 0.2) is 36.4 Å². The van der Waals surface area contributed by atoms with Crippen molar-refractivity contribution in [2.45, 2.75) is 64.0 Å². The monoisotopic (exact) mass is 459 g/mol. The first kappa shape index (κ1) is 22.7. The summed E-state index contributed by atoms with van der Waals surface area (Å²) in [5, 5.41) is 13.4. The van der Waals surface area contributed by atoms with Crippen LogP contribution in [0.3, 0.4) is 0 Å². The van der Waals surface area contributed by atoms with Crippen LogP contribution in [-0.2, 0) is 43.9 Å². The van der Waals surface area contributed by atoms with Crippen molar-refractivity contribution < 1.29 is 42.6 Å². The van der Waals surface area contributed by atoms with Gasteiger partial charge in [0.15, 0.2) is 0 Å². The molecule has 1 aliphatic rings. The maximum atomic E-state index is 12.0. The normalized spacial score (nSPS) is 17.3. The zero-order valence-corrected chi connectivity index (χ0v) is 19.7. The van der Waals surface area contributed by atoms with Crippen LogP contribution in [0.4, 0.5) is 0 Å². The molecular weight excluding hydrogens is 431 g/mol. The summed E-state index contributed by atoms with van der Waals surface area (Å²) >= 11 is 1.66. The van der Waals surface area contributed by atoms with Gasteiger partial charge in [0.1, 0.15) is 0 Å². The van der Waals surface area contributed by atoms with E-state index < -0.39 is 0 Å². The maximum absolute atomic E-state index is 12.0. The molecule has 143 valence electrons. The molecule has 1 aromatic carbocycles. The number of amides is 1. The van der Waals surface area contributed by atoms with E-state index in [1.807, 2.05) is 23.1 Å². The molecule has 1 N–H and O–H groups in total. The number of aliphatic hydroxyl groups excluding tert-OH is 1. The zero-order chi connectivity index (χ0) is 18.4. The molecule has 3 nitrogen and oxygen atoms in total. The van der Waals surface area contributed by atoms with Gasteiger partial charge in [-0.05, 0) is 24.0 Å². The fourth-order valence-corrected chi connectivity index (χ4v) is 4.23. The third-order valence-electron chi connectivity index (χ3n) is 5.20. The number of aliphatic hydroxyl groups is 1. The van der Waals surface area contributed by atoms with Crippen LogP contribution in [0, 0.1) is 5.38 Å². The molecule has 5 heteroatoms. The van der Waals surface area contributed by atoms with Gasteiger partial charge < -0.3 is 21.3 Å². The molecule has 1 unspecified atom stereocenters. The Kier molecular flexibility index (Phi) is 9.65. The molecule has 0 spiro atoms. The number of benzene rings is 1. The van der Waals surface area contributed by atoms with Crippen LogP contribution in [0.1, 0.15) is 73.6 Å². The summed E-state index contributed by atoms with van der Waals surface area (Å²) < 4.78 is 0. The van der Waals surface area contributed by atoms with Crippen LogP contribution in [0.5, 0.6) is 0 Å². The van der Waals surface area contributed by atoms with E-state index in [4.69, 9.17) is 0 Å². The first-order chi connectivity index (χ1) is 12.7. The standard InChI is InChI=1S/C22H28NO2S.Y/c1-2-3-4-9-21(24)18-12-10-17(11-13-18)20-16-22(25)23(20)14-5-7-19-8-6-15-26-19;/h6,8,10-13,20-21,24H,2-5,7,9,14,16H2,1H3;/q-1;/t20-,21?;/m1./s1. The van der Waals surface area contributed by atoms with Crippen molar-refractivity contribution >= 4 is 17.2 Å². The van der Waals surface area contributed by atoms with Crippen LogP contribution in [-0.4, -0.2) is 22.5 Å². The SMILES string of the molecule is CCCCCC(O)c1ccc([C@H]2CC(=O)N2CCCc2cc[c-]s2)cc1.[Y]. The number of thiophene rings is 1. The topological polar surface area (TPSA) is 40.5 Å². The fraction of sp³-hybridized carbons (Fsp3) is 0.500. The number of unbranched alkanes of at least 4 members (excludes halogenated alkanes) is 2. The Morgan fingerprint density at radius 2 is 2.00 bits per heavy atom. The van der Waals surface area contributed by atoms with E-state index >= 15 is 0 Å². The molecule has 0 bridgehead atoms. The smallest absolute Gasteiger partial charge is 0.225 e. The third-order valence-corrected chi connectivity index (χ3v) is 6.06. The molecule has 1 fully saturated rings. The summed E-state index contributed by atoms with van der Waals surface area (Å²) in [5.41, 5.74) is 2.16. The van der Waals surface area contributed by atoms with E-state index in [1.165, 1.54) is 16.9 Å². The molecule has 2 heterocycles. The number of rotatable bonds is 10. The van der Waals surface area contributed by atoms with Crippen molar-refractivity contribution in [2.75, 3.05) is 6.54 Å². The number of aryl methyl sites for hydroxylation is 1. The van der Waals surface area contributed by atoms with E-state index in [9.17, 15) is 9.90 Å². The Bertz CT molecular complexity index is 687. The average Bonchev–Trinajstić information content (AvgIpc) is 3.17. The number of likely N-dealkylation sites (tertiary alicyclic amines) is 1. The summed E-state index contributed by atoms with van der Waals surface area (Å²) in [6, 6.07) is 12.5. The predicted molar refractivity (Wildman–Crippen MR) is 106 cm³/mol. The molecule has 1 radical (unpaired) electrons. The molecule has 2 atom stereocenters. The molecule has 2 aromatic rings. The molecule has 0 aliphatic carbocycles. The average molecular weight is 459 g/mol. The molecule has 1 amide bonds. The van der Waals surface area contributed by atoms with Gasteiger partial charge in [0.05, 0.1) is 18.6 Å². The quantitative estimate of drug-likeness (QED) is 0.306. The van der Waals surface area contributed by atoms with E-state index in [0.29, 0.717) is 6.42 Å². The minimum absolute atomic E-state index is 0. The number of nitrogens with zero attached hydrogens (tertiary/aromatic N) is 1. The van der Waals surface area contributed by atoms with Crippen molar-refractivity contribution in [1.29, 1.82) is 0 Å². The van der Waals surface area contributed by atoms with E-state index in [2.05, 4.69) is 30.5 Å². The van der Waals surface area contributed by atoms with Crippen molar-refractivity contribution in [3.63, 3.8) is 0 Å². The van der Waals surface area contributed by atoms with Gasteiger partial charge in [0, 0.05) is 39.3 Å². The van der Waals surface area contributed by atoms with Crippen molar-refractivity contribution in [1.82, 2.24) is 4.90 Å². The van der Waals surface area contributed by atoms with Crippen LogP contribution in [0.25, 0.3) is 0 Å². The number of β-lactam (4-membered cyclic amide) rings is 1. The summed E-state index contributed by atoms with van der Waals surface area (Å²) in [6.45, 7) is 2.98. The van der Waals surface area contributed by atoms with Gasteiger partial charge >= 0.3 is 0 Å². The molecular formula is C22H28NO2SY-. The Balaban J connectivity index is 0.00000261. The molecule has 1 aliphatic heterocycles. The van der Waals surface area contributed by atoms with Gasteiger partial charge in [-0.1, -0.05) is 56.9 Å². The van der Waals surface area contributed by atoms with Crippen LogP contribution in [0.2, 0.25) is 0 Å². The van der Waals surface area contributed by atoms with Gasteiger partial charge in [0.25, 0.3) is 0 Å². The van der Waals surface area contributed by atoms with Crippen LogP contribution >= 0.6 is 11.3 Å². The number of hydrogen-bond acceptors (Lipinski definition) is 3. The summed E-state index contributed by atoms with van der Waals surface area (Å²) in [5.74, 6) is 0.247. The van der Waals surface area contributed by atoms with E-state index in [1.54, 1.807) is 11.3 Å². The molecule has 1 aromatic heterocycles. The summed E-state index contributed by atoms with van der Waals surface area (Å²) in [6.07, 6.45) is 6.44. The Morgan fingerprint density at radius 1 is 1.22 bits per heavy atom. The third kappa shape index (κ3) is 6.22. The van der Waals surface area contributed by atoms with Gasteiger partial charge in [-0.15, -0.1) is 10.3 Å². The number of carbonyl (C=O) groups excluding carboxylic acids is 1. The molecule has 0 saturated carbocycles. The van der Waals surface area contributed by atoms with Crippen molar-refractivity contribution in [3.05, 3.63) is 57.8 Å². The van der Waals surface area contributed by atoms with Crippen molar-refractivity contribution in [2.24, 2.45) is 0 Å². The fourth-order valence-electron chi connectivity index (χ4n) is 3.56. The second-order valence-corrected chi connectivity index (χ2v) is 8.07. The van der Waals surface area contributed by atoms with Gasteiger partial charge in [-0.3, -0.25) is 4.79 Å². The van der Waals surface area contributed by atoms with Crippen molar-refractivity contribution in [3.8, 4) is 0 Å². The Labute approximate surface area is 192 Å². The molecule has 27 heavy (non-hydrogen) atoms. The van der Waals surface area contributed by atoms with E-state index in [-0.39, 0.29) is 50.8 Å². The summed E-state index contributed by atoms with van der Waals surface area (Å²) in [7, 11) is 0. The minimum atomic E-state index is -0.377. The first-order valence-electron chi connectivity index (χ1n) is 9.71. The molecule has 1 saturated heterocycles. The van der Waals surface area contributed by atoms with Gasteiger partial charge in [-0.2, -0.15) is 6.07 Å². The Hall–Kier alpha value is -0.546. The largest absolute Gasteiger partial charge is 0.388 e. The summed E-state index contributed by atoms with van der Waals surface area (Å²) in [4.78, 5) is 15.3. The maximum Gasteiger partial charge on any atom is 0.225 e.